The number of rotatable bonds is 6. The third kappa shape index (κ3) is 4.05. The Balaban J connectivity index is 0.00000111. The standard InChI is InChI=1S/C19H17F2N3O3S.CH4O.H2/c1-26-14-4-3-5-15(27-2)17(14)12-9-24(28-21)18-10(12)6-7-16(22-18)23-19(25)11-8-13(11)20;1-2;/h3-7,9,11,13H,8H2,1-2H3,(H,22,23,25);2H,1H3;1H. The summed E-state index contributed by atoms with van der Waals surface area (Å²) in [5, 5.41) is 10.2. The van der Waals surface area contributed by atoms with Gasteiger partial charge < -0.3 is 19.9 Å². The first-order valence-corrected chi connectivity index (χ1v) is 9.67. The van der Waals surface area contributed by atoms with E-state index in [1.807, 2.05) is 0 Å². The minimum absolute atomic E-state index is 0. The second-order valence-corrected chi connectivity index (χ2v) is 6.92. The number of nitrogens with zero attached hydrogens (tertiary/aromatic N) is 2. The van der Waals surface area contributed by atoms with Gasteiger partial charge in [0.1, 0.15) is 23.5 Å². The van der Waals surface area contributed by atoms with Crippen LogP contribution in [0.15, 0.2) is 36.5 Å². The molecule has 30 heavy (non-hydrogen) atoms. The fourth-order valence-corrected chi connectivity index (χ4v) is 3.52. The van der Waals surface area contributed by atoms with E-state index in [2.05, 4.69) is 10.3 Å². The molecule has 1 saturated carbocycles. The number of hydrogen-bond acceptors (Lipinski definition) is 6. The number of aliphatic hydroxyl groups is 1. The number of fused-ring (bicyclic) bond motifs is 1. The van der Waals surface area contributed by atoms with E-state index in [1.165, 1.54) is 3.97 Å². The first kappa shape index (κ1) is 21.8. The molecule has 0 saturated heterocycles. The van der Waals surface area contributed by atoms with Crippen LogP contribution >= 0.6 is 12.3 Å². The van der Waals surface area contributed by atoms with Crippen molar-refractivity contribution >= 4 is 35.1 Å². The number of nitrogens with one attached hydrogen (secondary N) is 1. The molecule has 162 valence electrons. The molecular formula is C20H23F2N3O4S. The number of aromatic nitrogens is 2. The van der Waals surface area contributed by atoms with Gasteiger partial charge >= 0.3 is 0 Å². The Kier molecular flexibility index (Phi) is 6.78. The molecule has 2 atom stereocenters. The molecule has 0 spiro atoms. The van der Waals surface area contributed by atoms with Crippen LogP contribution in [0.5, 0.6) is 11.5 Å². The van der Waals surface area contributed by atoms with Crippen molar-refractivity contribution in [2.24, 2.45) is 5.92 Å². The molecule has 1 aromatic carbocycles. The fourth-order valence-electron chi connectivity index (χ4n) is 3.17. The van der Waals surface area contributed by atoms with Crippen molar-refractivity contribution in [1.29, 1.82) is 0 Å². The minimum Gasteiger partial charge on any atom is -0.496 e. The molecule has 1 fully saturated rings. The van der Waals surface area contributed by atoms with Crippen molar-refractivity contribution in [3.8, 4) is 22.6 Å². The summed E-state index contributed by atoms with van der Waals surface area (Å²) in [6.45, 7) is 0. The number of methoxy groups -OCH3 is 2. The highest BCUT2D eigenvalue weighted by Gasteiger charge is 2.43. The molecule has 0 bridgehead atoms. The smallest absolute Gasteiger partial charge is 0.231 e. The molecule has 0 radical (unpaired) electrons. The SMILES string of the molecule is CO.COc1cccc(OC)c1-c1cn(SF)c2nc(NC(=O)C3CC3F)ccc12.[HH]. The van der Waals surface area contributed by atoms with Crippen LogP contribution in [0.25, 0.3) is 22.2 Å². The summed E-state index contributed by atoms with van der Waals surface area (Å²) in [4.78, 5) is 16.3. The Labute approximate surface area is 177 Å². The number of alkyl halides is 1. The van der Waals surface area contributed by atoms with E-state index in [9.17, 15) is 13.1 Å². The average Bonchev–Trinajstić information content (AvgIpc) is 3.41. The van der Waals surface area contributed by atoms with E-state index in [0.29, 0.717) is 33.7 Å². The number of hydrogen-bond donors (Lipinski definition) is 2. The van der Waals surface area contributed by atoms with Crippen molar-refractivity contribution in [2.45, 2.75) is 12.6 Å². The van der Waals surface area contributed by atoms with Gasteiger partial charge in [0.05, 0.1) is 25.7 Å². The Morgan fingerprint density at radius 3 is 2.43 bits per heavy atom. The van der Waals surface area contributed by atoms with Gasteiger partial charge in [0.25, 0.3) is 0 Å². The minimum atomic E-state index is -1.10. The summed E-state index contributed by atoms with van der Waals surface area (Å²) in [7, 11) is 4.09. The van der Waals surface area contributed by atoms with Gasteiger partial charge in [-0.05, 0) is 30.7 Å². The van der Waals surface area contributed by atoms with Crippen LogP contribution in [0.1, 0.15) is 7.85 Å². The van der Waals surface area contributed by atoms with Gasteiger partial charge in [-0.15, -0.1) is 3.89 Å². The molecule has 10 heteroatoms. The zero-order valence-corrected chi connectivity index (χ0v) is 17.4. The molecular weight excluding hydrogens is 416 g/mol. The third-order valence-electron chi connectivity index (χ3n) is 4.69. The van der Waals surface area contributed by atoms with Gasteiger partial charge in [-0.2, -0.15) is 0 Å². The Morgan fingerprint density at radius 2 is 1.90 bits per heavy atom. The molecule has 0 aliphatic heterocycles. The Morgan fingerprint density at radius 1 is 1.27 bits per heavy atom. The van der Waals surface area contributed by atoms with Crippen LogP contribution < -0.4 is 14.8 Å². The summed E-state index contributed by atoms with van der Waals surface area (Å²) in [5.74, 6) is 0.332. The molecule has 2 N–H and O–H groups in total. The van der Waals surface area contributed by atoms with E-state index >= 15 is 0 Å². The summed E-state index contributed by atoms with van der Waals surface area (Å²) < 4.78 is 38.8. The quantitative estimate of drug-likeness (QED) is 0.597. The number of carbonyl (C=O) groups is 1. The number of aliphatic hydroxyl groups excluding tert-OH is 1. The molecule has 2 unspecified atom stereocenters. The van der Waals surface area contributed by atoms with Gasteiger partial charge in [0.2, 0.25) is 5.91 Å². The molecule has 2 heterocycles. The third-order valence-corrected chi connectivity index (χ3v) is 5.12. The van der Waals surface area contributed by atoms with Gasteiger partial charge in [-0.1, -0.05) is 6.07 Å². The lowest BCUT2D eigenvalue weighted by Crippen LogP contribution is -2.15. The maximum Gasteiger partial charge on any atom is 0.231 e. The van der Waals surface area contributed by atoms with Crippen molar-refractivity contribution in [1.82, 2.24) is 8.96 Å². The summed E-state index contributed by atoms with van der Waals surface area (Å²) in [5.41, 5.74) is 1.66. The van der Waals surface area contributed by atoms with E-state index in [4.69, 9.17) is 14.6 Å². The second-order valence-electron chi connectivity index (χ2n) is 6.39. The molecule has 1 aliphatic rings. The van der Waals surface area contributed by atoms with Crippen molar-refractivity contribution in [2.75, 3.05) is 26.6 Å². The molecule has 1 aliphatic carbocycles. The highest BCUT2D eigenvalue weighted by Crippen LogP contribution is 2.43. The second kappa shape index (κ2) is 9.31. The van der Waals surface area contributed by atoms with Gasteiger partial charge in [-0.25, -0.2) is 13.3 Å². The normalized spacial score (nSPS) is 17.1. The maximum atomic E-state index is 13.6. The first-order valence-electron chi connectivity index (χ1n) is 8.99. The summed E-state index contributed by atoms with van der Waals surface area (Å²) in [6, 6.07) is 8.70. The van der Waals surface area contributed by atoms with Crippen LogP contribution in [-0.4, -0.2) is 47.5 Å². The Hall–Kier alpha value is -2.85. The van der Waals surface area contributed by atoms with Crippen LogP contribution in [-0.2, 0) is 4.79 Å². The number of halogens is 2. The van der Waals surface area contributed by atoms with E-state index in [1.54, 1.807) is 50.7 Å². The molecule has 3 aromatic rings. The number of pyridine rings is 1. The highest BCUT2D eigenvalue weighted by atomic mass is 32.2. The van der Waals surface area contributed by atoms with Crippen LogP contribution in [0.2, 0.25) is 0 Å². The zero-order chi connectivity index (χ0) is 21.8. The lowest BCUT2D eigenvalue weighted by molar-refractivity contribution is -0.117. The van der Waals surface area contributed by atoms with Crippen LogP contribution in [0.4, 0.5) is 14.1 Å². The molecule has 1 amide bonds. The molecule has 4 rings (SSSR count). The largest absolute Gasteiger partial charge is 0.496 e. The number of amides is 1. The number of benzene rings is 1. The predicted octanol–water partition coefficient (Wildman–Crippen LogP) is 4.25. The summed E-state index contributed by atoms with van der Waals surface area (Å²) >= 11 is -0.0128. The fraction of sp³-hybridized carbons (Fsp3) is 0.300. The van der Waals surface area contributed by atoms with Gasteiger partial charge in [-0.3, -0.25) is 4.79 Å². The van der Waals surface area contributed by atoms with Gasteiger partial charge in [0, 0.05) is 25.7 Å². The zero-order valence-electron chi connectivity index (χ0n) is 16.6. The number of carbonyl (C=O) groups excluding carboxylic acids is 1. The summed E-state index contributed by atoms with van der Waals surface area (Å²) in [6.07, 6.45) is 0.716. The van der Waals surface area contributed by atoms with Crippen molar-refractivity contribution in [3.05, 3.63) is 36.5 Å². The Bertz CT molecular complexity index is 1040. The first-order chi connectivity index (χ1) is 14.6. The molecule has 7 nitrogen and oxygen atoms in total. The predicted molar refractivity (Wildman–Crippen MR) is 114 cm³/mol. The lowest BCUT2D eigenvalue weighted by atomic mass is 10.0. The van der Waals surface area contributed by atoms with E-state index < -0.39 is 18.0 Å². The van der Waals surface area contributed by atoms with Crippen molar-refractivity contribution in [3.63, 3.8) is 0 Å². The van der Waals surface area contributed by atoms with Gasteiger partial charge in [0.15, 0.2) is 18.0 Å². The lowest BCUT2D eigenvalue weighted by Gasteiger charge is -2.12. The van der Waals surface area contributed by atoms with E-state index in [-0.39, 0.29) is 26.0 Å². The number of anilines is 1. The monoisotopic (exact) mass is 439 g/mol. The number of ether oxygens (including phenoxy) is 2. The average molecular weight is 439 g/mol. The molecule has 2 aromatic heterocycles. The van der Waals surface area contributed by atoms with Crippen LogP contribution in [0.3, 0.4) is 0 Å². The van der Waals surface area contributed by atoms with Crippen molar-refractivity contribution < 1.29 is 29.1 Å². The highest BCUT2D eigenvalue weighted by molar-refractivity contribution is 7.92. The maximum absolute atomic E-state index is 13.6. The van der Waals surface area contributed by atoms with Crippen LogP contribution in [0, 0.1) is 5.92 Å². The topological polar surface area (TPSA) is 85.6 Å². The van der Waals surface area contributed by atoms with E-state index in [0.717, 1.165) is 7.11 Å².